The van der Waals surface area contributed by atoms with Crippen molar-refractivity contribution < 1.29 is 19.1 Å². The van der Waals surface area contributed by atoms with Crippen LogP contribution in [0.2, 0.25) is 0 Å². The predicted molar refractivity (Wildman–Crippen MR) is 49.1 cm³/mol. The van der Waals surface area contributed by atoms with Crippen LogP contribution < -0.4 is 0 Å². The van der Waals surface area contributed by atoms with E-state index in [4.69, 9.17) is 10.1 Å². The fourth-order valence-corrected chi connectivity index (χ4v) is 0.739. The van der Waals surface area contributed by atoms with Crippen LogP contribution in [-0.4, -0.2) is 31.0 Å². The number of nitrogens with one attached hydrogen (secondary N) is 1. The van der Waals surface area contributed by atoms with Gasteiger partial charge in [0.25, 0.3) is 0 Å². The molecule has 0 unspecified atom stereocenters. The SMILES string of the molecule is COC(=O)C(=C=N)CC(=O)OC(C)C. The van der Waals surface area contributed by atoms with Crippen LogP contribution in [0.15, 0.2) is 5.57 Å². The van der Waals surface area contributed by atoms with Crippen molar-refractivity contribution in [1.82, 2.24) is 0 Å². The number of hydrogen-bond acceptors (Lipinski definition) is 5. The molecule has 0 aromatic carbocycles. The molecule has 0 radical (unpaired) electrons. The van der Waals surface area contributed by atoms with E-state index in [1.165, 1.54) is 7.11 Å². The zero-order valence-electron chi connectivity index (χ0n) is 8.42. The van der Waals surface area contributed by atoms with E-state index in [-0.39, 0.29) is 18.1 Å². The van der Waals surface area contributed by atoms with Crippen LogP contribution in [0.25, 0.3) is 0 Å². The number of rotatable bonds is 4. The van der Waals surface area contributed by atoms with Crippen LogP contribution in [0, 0.1) is 5.41 Å². The lowest BCUT2D eigenvalue weighted by molar-refractivity contribution is -0.148. The summed E-state index contributed by atoms with van der Waals surface area (Å²) in [5.74, 6) is 0.543. The van der Waals surface area contributed by atoms with Crippen LogP contribution in [0.4, 0.5) is 0 Å². The van der Waals surface area contributed by atoms with Crippen LogP contribution >= 0.6 is 0 Å². The van der Waals surface area contributed by atoms with Gasteiger partial charge in [0.15, 0.2) is 0 Å². The highest BCUT2D eigenvalue weighted by Crippen LogP contribution is 2.03. The van der Waals surface area contributed by atoms with Gasteiger partial charge in [0.05, 0.1) is 19.6 Å². The van der Waals surface area contributed by atoms with E-state index in [1.54, 1.807) is 13.8 Å². The zero-order chi connectivity index (χ0) is 11.1. The summed E-state index contributed by atoms with van der Waals surface area (Å²) in [7, 11) is 1.17. The Morgan fingerprint density at radius 2 is 2.00 bits per heavy atom. The monoisotopic (exact) mass is 199 g/mol. The Balaban J connectivity index is 4.28. The summed E-state index contributed by atoms with van der Waals surface area (Å²) in [5.41, 5.74) is -0.141. The number of esters is 2. The number of hydrogen-bond donors (Lipinski definition) is 1. The summed E-state index contributed by atoms with van der Waals surface area (Å²) in [6, 6.07) is 0. The summed E-state index contributed by atoms with van der Waals surface area (Å²) < 4.78 is 9.13. The lowest BCUT2D eigenvalue weighted by Crippen LogP contribution is -2.15. The fraction of sp³-hybridized carbons (Fsp3) is 0.556. The first-order chi connectivity index (χ1) is 6.51. The molecule has 0 aromatic rings. The molecule has 78 valence electrons. The van der Waals surface area contributed by atoms with Crippen molar-refractivity contribution in [1.29, 1.82) is 5.41 Å². The molecule has 0 atom stereocenters. The molecule has 0 heterocycles. The van der Waals surface area contributed by atoms with Gasteiger partial charge in [0, 0.05) is 0 Å². The van der Waals surface area contributed by atoms with Crippen molar-refractivity contribution in [2.45, 2.75) is 26.4 Å². The quantitative estimate of drug-likeness (QED) is 0.410. The molecule has 0 bridgehead atoms. The average Bonchev–Trinajstić information content (AvgIpc) is 2.11. The van der Waals surface area contributed by atoms with E-state index in [0.717, 1.165) is 0 Å². The standard InChI is InChI=1S/C9H13NO4/c1-6(2)14-8(11)4-7(5-10)9(12)13-3/h6,10H,4H2,1-3H3. The van der Waals surface area contributed by atoms with Crippen molar-refractivity contribution in [3.8, 4) is 0 Å². The van der Waals surface area contributed by atoms with Crippen molar-refractivity contribution in [3.05, 3.63) is 5.57 Å². The van der Waals surface area contributed by atoms with E-state index in [2.05, 4.69) is 4.74 Å². The van der Waals surface area contributed by atoms with Crippen molar-refractivity contribution in [3.63, 3.8) is 0 Å². The first-order valence-corrected chi connectivity index (χ1v) is 4.07. The van der Waals surface area contributed by atoms with Gasteiger partial charge in [0.2, 0.25) is 0 Å². The largest absolute Gasteiger partial charge is 0.465 e. The van der Waals surface area contributed by atoms with Gasteiger partial charge in [0.1, 0.15) is 5.57 Å². The lowest BCUT2D eigenvalue weighted by atomic mass is 10.2. The summed E-state index contributed by atoms with van der Waals surface area (Å²) in [6.45, 7) is 3.40. The normalized spacial score (nSPS) is 9.14. The van der Waals surface area contributed by atoms with Crippen LogP contribution in [0.1, 0.15) is 20.3 Å². The topological polar surface area (TPSA) is 76.5 Å². The smallest absolute Gasteiger partial charge is 0.343 e. The Hall–Kier alpha value is -1.61. The Kier molecular flexibility index (Phi) is 5.26. The van der Waals surface area contributed by atoms with Crippen LogP contribution in [0.5, 0.6) is 0 Å². The number of carbonyl (C=O) groups excluding carboxylic acids is 2. The lowest BCUT2D eigenvalue weighted by Gasteiger charge is -2.07. The second-order valence-electron chi connectivity index (χ2n) is 2.81. The maximum absolute atomic E-state index is 11.1. The highest BCUT2D eigenvalue weighted by atomic mass is 16.5. The maximum atomic E-state index is 11.1. The van der Waals surface area contributed by atoms with Gasteiger partial charge >= 0.3 is 11.9 Å². The Bertz CT molecular complexity index is 277. The Morgan fingerprint density at radius 1 is 1.43 bits per heavy atom. The van der Waals surface area contributed by atoms with Crippen molar-refractivity contribution >= 4 is 17.8 Å². The Labute approximate surface area is 82.2 Å². The molecule has 14 heavy (non-hydrogen) atoms. The third-order valence-corrected chi connectivity index (χ3v) is 1.27. The minimum absolute atomic E-state index is 0.141. The minimum atomic E-state index is -0.735. The highest BCUT2D eigenvalue weighted by molar-refractivity contribution is 6.01. The van der Waals surface area contributed by atoms with Gasteiger partial charge in [-0.05, 0) is 19.7 Å². The molecule has 0 aromatic heterocycles. The van der Waals surface area contributed by atoms with Gasteiger partial charge in [-0.3, -0.25) is 10.2 Å². The first kappa shape index (κ1) is 12.4. The molecule has 0 aliphatic carbocycles. The van der Waals surface area contributed by atoms with Gasteiger partial charge in [-0.1, -0.05) is 0 Å². The summed E-state index contributed by atoms with van der Waals surface area (Å²) in [4.78, 5) is 22.0. The molecule has 0 spiro atoms. The van der Waals surface area contributed by atoms with E-state index in [9.17, 15) is 9.59 Å². The van der Waals surface area contributed by atoms with E-state index in [1.807, 2.05) is 5.87 Å². The first-order valence-electron chi connectivity index (χ1n) is 4.07. The van der Waals surface area contributed by atoms with Crippen molar-refractivity contribution in [2.75, 3.05) is 7.11 Å². The third kappa shape index (κ3) is 4.42. The second kappa shape index (κ2) is 5.94. The fourth-order valence-electron chi connectivity index (χ4n) is 0.739. The number of methoxy groups -OCH3 is 1. The molecule has 0 fully saturated rings. The highest BCUT2D eigenvalue weighted by Gasteiger charge is 2.16. The summed E-state index contributed by atoms with van der Waals surface area (Å²) >= 11 is 0. The maximum Gasteiger partial charge on any atom is 0.343 e. The molecule has 0 aliphatic rings. The van der Waals surface area contributed by atoms with Gasteiger partial charge < -0.3 is 9.47 Å². The molecule has 0 amide bonds. The van der Waals surface area contributed by atoms with Crippen molar-refractivity contribution in [2.24, 2.45) is 0 Å². The van der Waals surface area contributed by atoms with E-state index < -0.39 is 11.9 Å². The second-order valence-corrected chi connectivity index (χ2v) is 2.81. The number of carbonyl (C=O) groups is 2. The molecule has 5 nitrogen and oxygen atoms in total. The Morgan fingerprint density at radius 3 is 2.36 bits per heavy atom. The number of ether oxygens (including phenoxy) is 2. The molecule has 1 N–H and O–H groups in total. The molecular formula is C9H13NO4. The molecule has 0 saturated carbocycles. The van der Waals surface area contributed by atoms with Gasteiger partial charge in [-0.2, -0.15) is 0 Å². The average molecular weight is 199 g/mol. The predicted octanol–water partition coefficient (Wildman–Crippen LogP) is 0.676. The molecule has 0 aliphatic heterocycles. The van der Waals surface area contributed by atoms with E-state index in [0.29, 0.717) is 0 Å². The van der Waals surface area contributed by atoms with E-state index >= 15 is 0 Å². The summed E-state index contributed by atoms with van der Waals surface area (Å²) in [5, 5.41) is 6.77. The minimum Gasteiger partial charge on any atom is -0.465 e. The third-order valence-electron chi connectivity index (χ3n) is 1.27. The van der Waals surface area contributed by atoms with Gasteiger partial charge in [-0.15, -0.1) is 0 Å². The van der Waals surface area contributed by atoms with Crippen LogP contribution in [-0.2, 0) is 19.1 Å². The van der Waals surface area contributed by atoms with Gasteiger partial charge in [-0.25, -0.2) is 4.79 Å². The molecule has 0 saturated heterocycles. The molecular weight excluding hydrogens is 186 g/mol. The summed E-state index contributed by atoms with van der Waals surface area (Å²) in [6.07, 6.45) is -0.527. The zero-order valence-corrected chi connectivity index (χ0v) is 8.42. The molecule has 0 rings (SSSR count). The van der Waals surface area contributed by atoms with Crippen LogP contribution in [0.3, 0.4) is 0 Å². The molecule has 5 heteroatoms.